The smallest absolute Gasteiger partial charge is 0.417 e. The van der Waals surface area contributed by atoms with Crippen molar-refractivity contribution >= 4 is 29.0 Å². The van der Waals surface area contributed by atoms with Crippen molar-refractivity contribution in [2.24, 2.45) is 11.3 Å². The zero-order chi connectivity index (χ0) is 27.4. The van der Waals surface area contributed by atoms with Gasteiger partial charge in [0.2, 0.25) is 5.91 Å². The number of amides is 1. The van der Waals surface area contributed by atoms with Gasteiger partial charge in [0.1, 0.15) is 11.3 Å². The highest BCUT2D eigenvalue weighted by molar-refractivity contribution is 5.94. The first-order valence-corrected chi connectivity index (χ1v) is 12.1. The number of rotatable bonds is 4. The van der Waals surface area contributed by atoms with Gasteiger partial charge in [-0.25, -0.2) is 19.3 Å². The lowest BCUT2D eigenvalue weighted by atomic mass is 9.96. The number of nitrogens with one attached hydrogen (secondary N) is 1. The number of pyridine rings is 1. The van der Waals surface area contributed by atoms with E-state index in [-0.39, 0.29) is 34.8 Å². The lowest BCUT2D eigenvalue weighted by Crippen LogP contribution is -2.40. The average Bonchev–Trinajstić information content (AvgIpc) is 3.44. The van der Waals surface area contributed by atoms with Crippen LogP contribution in [0.2, 0.25) is 0 Å². The molecule has 0 radical (unpaired) electrons. The number of alkyl halides is 3. The van der Waals surface area contributed by atoms with Gasteiger partial charge in [-0.2, -0.15) is 13.2 Å². The highest BCUT2D eigenvalue weighted by Gasteiger charge is 2.38. The summed E-state index contributed by atoms with van der Waals surface area (Å²) >= 11 is 0. The second kappa shape index (κ2) is 9.22. The molecular formula is C25H27F3N6O4. The number of piperidine rings is 1. The molecule has 2 aliphatic rings. The fourth-order valence-corrected chi connectivity index (χ4v) is 4.64. The van der Waals surface area contributed by atoms with E-state index >= 15 is 0 Å². The van der Waals surface area contributed by atoms with Gasteiger partial charge in [0.15, 0.2) is 11.6 Å². The standard InChI is InChI=1S/C25H27F3N6O4/c1-24(2,3)23(36)30-19-7-17(25(26,27)28)16(8-29-19)20-31-21(33-9-13-5-15(11-33)38-12-13)18-6-14(22(35)37-4)10-34(18)32-20/h6-8,10,13,15H,5,9,11-12H2,1-4H3,(H,29,30,36). The molecule has 13 heteroatoms. The highest BCUT2D eigenvalue weighted by atomic mass is 19.4. The molecule has 1 amide bonds. The summed E-state index contributed by atoms with van der Waals surface area (Å²) in [7, 11) is 1.24. The maximum Gasteiger partial charge on any atom is 0.417 e. The summed E-state index contributed by atoms with van der Waals surface area (Å²) in [6.07, 6.45) is -1.50. The van der Waals surface area contributed by atoms with Crippen LogP contribution >= 0.6 is 0 Å². The van der Waals surface area contributed by atoms with Crippen molar-refractivity contribution in [3.05, 3.63) is 35.7 Å². The van der Waals surface area contributed by atoms with E-state index in [2.05, 4.69) is 20.4 Å². The van der Waals surface area contributed by atoms with E-state index in [9.17, 15) is 22.8 Å². The Morgan fingerprint density at radius 3 is 2.61 bits per heavy atom. The van der Waals surface area contributed by atoms with E-state index in [4.69, 9.17) is 9.47 Å². The first-order valence-electron chi connectivity index (χ1n) is 12.1. The molecule has 5 rings (SSSR count). The topological polar surface area (TPSA) is 111 Å². The van der Waals surface area contributed by atoms with Crippen molar-refractivity contribution in [1.82, 2.24) is 19.6 Å². The van der Waals surface area contributed by atoms with Crippen molar-refractivity contribution in [1.29, 1.82) is 0 Å². The summed E-state index contributed by atoms with van der Waals surface area (Å²) in [5.74, 6) is -0.908. The van der Waals surface area contributed by atoms with Crippen LogP contribution in [0.4, 0.5) is 24.8 Å². The molecule has 2 atom stereocenters. The molecule has 2 fully saturated rings. The molecule has 38 heavy (non-hydrogen) atoms. The number of hydrogen-bond donors (Lipinski definition) is 1. The molecule has 2 saturated heterocycles. The van der Waals surface area contributed by atoms with Crippen molar-refractivity contribution in [3.63, 3.8) is 0 Å². The minimum Gasteiger partial charge on any atom is -0.465 e. The summed E-state index contributed by atoms with van der Waals surface area (Å²) in [6.45, 7) is 6.64. The lowest BCUT2D eigenvalue weighted by molar-refractivity contribution is -0.137. The molecule has 2 bridgehead atoms. The van der Waals surface area contributed by atoms with Crippen LogP contribution in [0, 0.1) is 11.3 Å². The van der Waals surface area contributed by atoms with Crippen LogP contribution < -0.4 is 10.2 Å². The van der Waals surface area contributed by atoms with Gasteiger partial charge in [-0.1, -0.05) is 20.8 Å². The Kier molecular flexibility index (Phi) is 6.28. The minimum atomic E-state index is -4.79. The van der Waals surface area contributed by atoms with Crippen LogP contribution in [0.15, 0.2) is 24.5 Å². The molecule has 0 aromatic carbocycles. The molecule has 10 nitrogen and oxygen atoms in total. The molecule has 3 aromatic heterocycles. The van der Waals surface area contributed by atoms with E-state index in [0.29, 0.717) is 31.0 Å². The average molecular weight is 533 g/mol. The van der Waals surface area contributed by atoms with Gasteiger partial charge in [-0.15, -0.1) is 5.10 Å². The van der Waals surface area contributed by atoms with Gasteiger partial charge in [0.25, 0.3) is 0 Å². The summed E-state index contributed by atoms with van der Waals surface area (Å²) in [6, 6.07) is 2.33. The zero-order valence-corrected chi connectivity index (χ0v) is 21.3. The lowest BCUT2D eigenvalue weighted by Gasteiger charge is -2.31. The number of hydrogen-bond acceptors (Lipinski definition) is 8. The monoisotopic (exact) mass is 532 g/mol. The van der Waals surface area contributed by atoms with Gasteiger partial charge in [0.05, 0.1) is 36.5 Å². The molecule has 0 spiro atoms. The normalized spacial score (nSPS) is 19.6. The Morgan fingerprint density at radius 1 is 1.18 bits per heavy atom. The Balaban J connectivity index is 1.64. The van der Waals surface area contributed by atoms with Crippen LogP contribution in [0.3, 0.4) is 0 Å². The van der Waals surface area contributed by atoms with Gasteiger partial charge >= 0.3 is 12.1 Å². The fraction of sp³-hybridized carbons (Fsp3) is 0.480. The van der Waals surface area contributed by atoms with Crippen molar-refractivity contribution in [2.45, 2.75) is 39.5 Å². The van der Waals surface area contributed by atoms with E-state index in [0.717, 1.165) is 18.7 Å². The number of ether oxygens (including phenoxy) is 2. The van der Waals surface area contributed by atoms with E-state index in [1.54, 1.807) is 26.8 Å². The van der Waals surface area contributed by atoms with Crippen LogP contribution in [0.25, 0.3) is 16.9 Å². The van der Waals surface area contributed by atoms with E-state index < -0.39 is 29.0 Å². The van der Waals surface area contributed by atoms with Crippen LogP contribution in [-0.2, 0) is 20.4 Å². The van der Waals surface area contributed by atoms with Gasteiger partial charge in [0, 0.05) is 36.8 Å². The number of aromatic nitrogens is 4. The maximum atomic E-state index is 14.2. The Hall–Kier alpha value is -3.74. The SMILES string of the molecule is COC(=O)c1cc2c(N3CC4COC(C4)C3)nc(-c3cnc(NC(=O)C(C)(C)C)cc3C(F)(F)F)nn2c1. The molecule has 0 aliphatic carbocycles. The van der Waals surface area contributed by atoms with Crippen LogP contribution in [-0.4, -0.2) is 64.4 Å². The van der Waals surface area contributed by atoms with Gasteiger partial charge in [-0.3, -0.25) is 4.79 Å². The van der Waals surface area contributed by atoms with Gasteiger partial charge in [-0.05, 0) is 18.6 Å². The molecule has 1 N–H and O–H groups in total. The van der Waals surface area contributed by atoms with E-state index in [1.807, 2.05) is 4.90 Å². The first kappa shape index (κ1) is 25.9. The quantitative estimate of drug-likeness (QED) is 0.505. The van der Waals surface area contributed by atoms with Crippen molar-refractivity contribution in [2.75, 3.05) is 37.0 Å². The minimum absolute atomic E-state index is 0.0135. The molecule has 2 aliphatic heterocycles. The number of carbonyl (C=O) groups excluding carboxylic acids is 2. The molecule has 0 saturated carbocycles. The van der Waals surface area contributed by atoms with Crippen molar-refractivity contribution < 1.29 is 32.2 Å². The third-order valence-corrected chi connectivity index (χ3v) is 6.60. The number of carbonyl (C=O) groups is 2. The maximum absolute atomic E-state index is 14.2. The summed E-state index contributed by atoms with van der Waals surface area (Å²) < 4.78 is 54.6. The fourth-order valence-electron chi connectivity index (χ4n) is 4.64. The number of halogens is 3. The van der Waals surface area contributed by atoms with Crippen molar-refractivity contribution in [3.8, 4) is 11.4 Å². The highest BCUT2D eigenvalue weighted by Crippen LogP contribution is 2.39. The third kappa shape index (κ3) is 4.89. The Labute approximate surface area is 216 Å². The van der Waals surface area contributed by atoms with E-state index in [1.165, 1.54) is 17.8 Å². The number of esters is 1. The molecule has 3 aromatic rings. The van der Waals surface area contributed by atoms with Gasteiger partial charge < -0.3 is 19.7 Å². The molecule has 2 unspecified atom stereocenters. The number of anilines is 2. The third-order valence-electron chi connectivity index (χ3n) is 6.60. The number of fused-ring (bicyclic) bond motifs is 3. The predicted molar refractivity (Wildman–Crippen MR) is 131 cm³/mol. The summed E-state index contributed by atoms with van der Waals surface area (Å²) in [5.41, 5.74) is -1.61. The largest absolute Gasteiger partial charge is 0.465 e. The predicted octanol–water partition coefficient (Wildman–Crippen LogP) is 3.81. The molecule has 202 valence electrons. The molecule has 5 heterocycles. The summed E-state index contributed by atoms with van der Waals surface area (Å²) in [4.78, 5) is 35.1. The zero-order valence-electron chi connectivity index (χ0n) is 21.3. The van der Waals surface area contributed by atoms with Crippen LogP contribution in [0.5, 0.6) is 0 Å². The first-order chi connectivity index (χ1) is 17.8. The van der Waals surface area contributed by atoms with Crippen LogP contribution in [0.1, 0.15) is 43.1 Å². The second-order valence-corrected chi connectivity index (χ2v) is 10.6. The second-order valence-electron chi connectivity index (χ2n) is 10.6. The Bertz CT molecular complexity index is 1400. The number of methoxy groups -OCH3 is 1. The molecular weight excluding hydrogens is 505 g/mol. The summed E-state index contributed by atoms with van der Waals surface area (Å²) in [5, 5.41) is 6.74. The Morgan fingerprint density at radius 2 is 1.95 bits per heavy atom. The number of nitrogens with zero attached hydrogens (tertiary/aromatic N) is 5.